The summed E-state index contributed by atoms with van der Waals surface area (Å²) >= 11 is 6.39. The van der Waals surface area contributed by atoms with E-state index in [2.05, 4.69) is 0 Å². The summed E-state index contributed by atoms with van der Waals surface area (Å²) in [5, 5.41) is 0.354. The van der Waals surface area contributed by atoms with Crippen LogP contribution in [0.2, 0.25) is 5.02 Å². The van der Waals surface area contributed by atoms with Gasteiger partial charge in [0.15, 0.2) is 15.6 Å². The average Bonchev–Trinajstić information content (AvgIpc) is 2.72. The zero-order valence-corrected chi connectivity index (χ0v) is 21.1. The maximum atomic E-state index is 13.1. The summed E-state index contributed by atoms with van der Waals surface area (Å²) in [6.07, 6.45) is -0.173. The van der Waals surface area contributed by atoms with Gasteiger partial charge in [0.25, 0.3) is 0 Å². The van der Waals surface area contributed by atoms with Gasteiger partial charge in [0.2, 0.25) is 6.29 Å². The van der Waals surface area contributed by atoms with Crippen molar-refractivity contribution in [2.24, 2.45) is 5.41 Å². The van der Waals surface area contributed by atoms with Gasteiger partial charge in [-0.1, -0.05) is 36.7 Å². The molecule has 0 aromatic heterocycles. The molecule has 1 heterocycles. The van der Waals surface area contributed by atoms with Crippen LogP contribution in [0.5, 0.6) is 0 Å². The van der Waals surface area contributed by atoms with E-state index in [4.69, 9.17) is 25.8 Å². The Morgan fingerprint density at radius 1 is 1.21 bits per heavy atom. The van der Waals surface area contributed by atoms with Gasteiger partial charge in [-0.2, -0.15) is 0 Å². The molecule has 188 valence electrons. The summed E-state index contributed by atoms with van der Waals surface area (Å²) in [6, 6.07) is 6.84. The highest BCUT2D eigenvalue weighted by atomic mass is 35.5. The molecule has 11 heteroatoms. The van der Waals surface area contributed by atoms with Gasteiger partial charge in [0, 0.05) is 36.4 Å². The summed E-state index contributed by atoms with van der Waals surface area (Å²) in [4.78, 5) is 39.5. The summed E-state index contributed by atoms with van der Waals surface area (Å²) in [5.74, 6) is -2.21. The maximum absolute atomic E-state index is 13.1. The molecule has 1 saturated heterocycles. The number of sulfone groups is 1. The van der Waals surface area contributed by atoms with Gasteiger partial charge < -0.3 is 14.2 Å². The number of Topliss-reactive ketones (excluding diaryl/α,β-unsaturated/α-hetero) is 1. The largest absolute Gasteiger partial charge is 0.425 e. The van der Waals surface area contributed by atoms with Gasteiger partial charge in [0.05, 0.1) is 19.0 Å². The third kappa shape index (κ3) is 5.72. The van der Waals surface area contributed by atoms with Gasteiger partial charge in [-0.25, -0.2) is 13.2 Å². The summed E-state index contributed by atoms with van der Waals surface area (Å²) in [6.45, 7) is 3.70. The number of esters is 1. The van der Waals surface area contributed by atoms with Gasteiger partial charge in [-0.15, -0.1) is 0 Å². The molecule has 1 aromatic carbocycles. The van der Waals surface area contributed by atoms with E-state index >= 15 is 0 Å². The number of benzene rings is 1. The van der Waals surface area contributed by atoms with Crippen molar-refractivity contribution in [1.82, 2.24) is 4.90 Å². The smallest absolute Gasteiger partial charge is 0.413 e. The minimum Gasteiger partial charge on any atom is -0.425 e. The number of nitrogens with zero attached hydrogens (tertiary/aromatic N) is 1. The van der Waals surface area contributed by atoms with Gasteiger partial charge in [-0.3, -0.25) is 14.5 Å². The highest BCUT2D eigenvalue weighted by Gasteiger charge is 2.49. The normalized spacial score (nSPS) is 22.9. The molecule has 2 atom stereocenters. The molecule has 1 aliphatic carbocycles. The summed E-state index contributed by atoms with van der Waals surface area (Å²) < 4.78 is 39.9. The standard InChI is InChI=1S/C23H30ClNO8S/c1-16(32-20(27)12-34(29,30)15-22(2)13-31-14-22)33-21(28)25(3)23(11-7-6-10-19(23)26)17-8-4-5-9-18(17)24/h4-5,8-9,16H,6-7,10-15H2,1-3H3/t16?,23-/m0/s1. The molecule has 9 nitrogen and oxygen atoms in total. The van der Waals surface area contributed by atoms with Crippen molar-refractivity contribution < 1.29 is 37.0 Å². The van der Waals surface area contributed by atoms with Crippen molar-refractivity contribution in [1.29, 1.82) is 0 Å². The number of carbonyl (C=O) groups excluding carboxylic acids is 3. The topological polar surface area (TPSA) is 116 Å². The molecule has 34 heavy (non-hydrogen) atoms. The van der Waals surface area contributed by atoms with Crippen LogP contribution in [0.1, 0.15) is 45.1 Å². The number of amides is 1. The fourth-order valence-electron chi connectivity index (χ4n) is 4.54. The number of ketones is 1. The summed E-state index contributed by atoms with van der Waals surface area (Å²) in [7, 11) is -2.29. The Labute approximate surface area is 204 Å². The van der Waals surface area contributed by atoms with Crippen LogP contribution in [0.15, 0.2) is 24.3 Å². The van der Waals surface area contributed by atoms with Gasteiger partial charge >= 0.3 is 12.1 Å². The van der Waals surface area contributed by atoms with Crippen molar-refractivity contribution in [3.8, 4) is 0 Å². The molecule has 0 bridgehead atoms. The van der Waals surface area contributed by atoms with Crippen molar-refractivity contribution in [2.75, 3.05) is 31.8 Å². The van der Waals surface area contributed by atoms with Gasteiger partial charge in [-0.05, 0) is 25.3 Å². The number of rotatable bonds is 8. The number of hydrogen-bond acceptors (Lipinski definition) is 8. The fraction of sp³-hybridized carbons (Fsp3) is 0.609. The lowest BCUT2D eigenvalue weighted by molar-refractivity contribution is -0.164. The number of hydrogen-bond donors (Lipinski definition) is 0. The number of carbonyl (C=O) groups is 3. The van der Waals surface area contributed by atoms with E-state index in [1.54, 1.807) is 31.2 Å². The van der Waals surface area contributed by atoms with Crippen LogP contribution in [-0.4, -0.2) is 69.2 Å². The second-order valence-electron chi connectivity index (χ2n) is 9.31. The number of likely N-dealkylation sites (N-methyl/N-ethyl adjacent to an activating group) is 1. The third-order valence-electron chi connectivity index (χ3n) is 6.19. The minimum absolute atomic E-state index is 0.157. The van der Waals surface area contributed by atoms with E-state index in [1.165, 1.54) is 18.9 Å². The first-order valence-electron chi connectivity index (χ1n) is 11.1. The Balaban J connectivity index is 1.66. The zero-order chi connectivity index (χ0) is 25.1. The van der Waals surface area contributed by atoms with E-state index in [0.717, 1.165) is 0 Å². The molecule has 0 spiro atoms. The molecule has 0 radical (unpaired) electrons. The van der Waals surface area contributed by atoms with E-state index in [0.29, 0.717) is 43.1 Å². The van der Waals surface area contributed by atoms with Crippen molar-refractivity contribution in [3.05, 3.63) is 34.9 Å². The molecular weight excluding hydrogens is 486 g/mol. The van der Waals surface area contributed by atoms with Crippen LogP contribution in [0.4, 0.5) is 4.79 Å². The van der Waals surface area contributed by atoms with Crippen LogP contribution in [0.3, 0.4) is 0 Å². The summed E-state index contributed by atoms with van der Waals surface area (Å²) in [5.41, 5.74) is -1.31. The fourth-order valence-corrected chi connectivity index (χ4v) is 6.59. The zero-order valence-electron chi connectivity index (χ0n) is 19.5. The van der Waals surface area contributed by atoms with E-state index in [9.17, 15) is 22.8 Å². The Kier molecular flexibility index (Phi) is 7.94. The molecule has 1 aliphatic heterocycles. The lowest BCUT2D eigenvalue weighted by Gasteiger charge is -2.43. The molecule has 2 aliphatic rings. The molecule has 1 saturated carbocycles. The Bertz CT molecular complexity index is 1050. The van der Waals surface area contributed by atoms with Crippen LogP contribution in [0, 0.1) is 5.41 Å². The highest BCUT2D eigenvalue weighted by Crippen LogP contribution is 2.42. The second-order valence-corrected chi connectivity index (χ2v) is 11.8. The minimum atomic E-state index is -3.73. The van der Waals surface area contributed by atoms with Crippen molar-refractivity contribution >= 4 is 39.3 Å². The van der Waals surface area contributed by atoms with Crippen LogP contribution >= 0.6 is 11.6 Å². The van der Waals surface area contributed by atoms with Crippen LogP contribution in [-0.2, 0) is 39.2 Å². The predicted octanol–water partition coefficient (Wildman–Crippen LogP) is 3.09. The lowest BCUT2D eigenvalue weighted by Crippen LogP contribution is -2.54. The molecule has 1 unspecified atom stereocenters. The van der Waals surface area contributed by atoms with Crippen molar-refractivity contribution in [2.45, 2.75) is 51.4 Å². The first kappa shape index (κ1) is 26.4. The monoisotopic (exact) mass is 515 g/mol. The highest BCUT2D eigenvalue weighted by molar-refractivity contribution is 7.92. The van der Waals surface area contributed by atoms with Crippen LogP contribution in [0.25, 0.3) is 0 Å². The number of halogens is 1. The van der Waals surface area contributed by atoms with Gasteiger partial charge in [0.1, 0.15) is 11.3 Å². The number of ether oxygens (including phenoxy) is 3. The quantitative estimate of drug-likeness (QED) is 0.383. The SMILES string of the molecule is CC(OC(=O)CS(=O)(=O)CC1(C)COC1)OC(=O)N(C)[C@]1(c2ccccc2Cl)CCCCC1=O. The van der Waals surface area contributed by atoms with E-state index in [1.807, 2.05) is 0 Å². The first-order valence-corrected chi connectivity index (χ1v) is 13.3. The molecule has 2 fully saturated rings. The van der Waals surface area contributed by atoms with E-state index < -0.39 is 44.9 Å². The molecule has 0 N–H and O–H groups in total. The first-order chi connectivity index (χ1) is 15.9. The molecule has 1 amide bonds. The molecule has 1 aromatic rings. The Morgan fingerprint density at radius 2 is 1.88 bits per heavy atom. The lowest BCUT2D eigenvalue weighted by atomic mass is 9.74. The molecule has 3 rings (SSSR count). The predicted molar refractivity (Wildman–Crippen MR) is 124 cm³/mol. The molecular formula is C23H30ClNO8S. The maximum Gasteiger partial charge on any atom is 0.413 e. The van der Waals surface area contributed by atoms with E-state index in [-0.39, 0.29) is 18.0 Å². The average molecular weight is 516 g/mol. The van der Waals surface area contributed by atoms with Crippen LogP contribution < -0.4 is 0 Å². The Hall–Kier alpha value is -2.17. The third-order valence-corrected chi connectivity index (χ3v) is 8.33. The second kappa shape index (κ2) is 10.2. The van der Waals surface area contributed by atoms with Crippen molar-refractivity contribution in [3.63, 3.8) is 0 Å². The Morgan fingerprint density at radius 3 is 2.47 bits per heavy atom.